The number of aryl methyl sites for hydroxylation is 1. The molecule has 0 radical (unpaired) electrons. The van der Waals surface area contributed by atoms with Gasteiger partial charge in [0.2, 0.25) is 0 Å². The van der Waals surface area contributed by atoms with Gasteiger partial charge in [-0.3, -0.25) is 4.79 Å². The van der Waals surface area contributed by atoms with Crippen molar-refractivity contribution in [3.05, 3.63) is 56.5 Å². The maximum Gasteiger partial charge on any atom is 0.255 e. The van der Waals surface area contributed by atoms with Crippen LogP contribution in [0.15, 0.2) is 45.3 Å². The van der Waals surface area contributed by atoms with E-state index >= 15 is 0 Å². The summed E-state index contributed by atoms with van der Waals surface area (Å²) < 4.78 is 1.76. The van der Waals surface area contributed by atoms with Crippen molar-refractivity contribution in [1.29, 1.82) is 0 Å². The molecule has 0 bridgehead atoms. The van der Waals surface area contributed by atoms with Gasteiger partial charge in [-0.2, -0.15) is 0 Å². The second-order valence-corrected chi connectivity index (χ2v) is 6.13. The molecular weight excluding hydrogens is 384 g/mol. The zero-order chi connectivity index (χ0) is 14.7. The third-order valence-corrected chi connectivity index (χ3v) is 4.12. The van der Waals surface area contributed by atoms with Crippen molar-refractivity contribution in [2.75, 3.05) is 17.7 Å². The van der Waals surface area contributed by atoms with Crippen LogP contribution in [0.25, 0.3) is 0 Å². The first kappa shape index (κ1) is 15.1. The molecule has 2 N–H and O–H groups in total. The molecule has 2 rings (SSSR count). The van der Waals surface area contributed by atoms with Crippen LogP contribution in [0.3, 0.4) is 0 Å². The summed E-state index contributed by atoms with van der Waals surface area (Å²) in [6.45, 7) is 1.92. The fourth-order valence-corrected chi connectivity index (χ4v) is 2.56. The standard InChI is InChI=1S/C15H14Br2N2O/c1-9-7-11(18-2)4-5-12(9)15(20)19-14-8-10(16)3-6-13(14)17/h3-8,18H,1-2H3,(H,19,20). The fourth-order valence-electron chi connectivity index (χ4n) is 1.86. The average Bonchev–Trinajstić information content (AvgIpc) is 2.42. The topological polar surface area (TPSA) is 41.1 Å². The Bertz CT molecular complexity index is 656. The lowest BCUT2D eigenvalue weighted by Gasteiger charge is -2.11. The molecule has 0 unspecified atom stereocenters. The van der Waals surface area contributed by atoms with Crippen molar-refractivity contribution in [3.8, 4) is 0 Å². The maximum atomic E-state index is 12.3. The van der Waals surface area contributed by atoms with Crippen molar-refractivity contribution in [2.45, 2.75) is 6.92 Å². The van der Waals surface area contributed by atoms with Crippen LogP contribution < -0.4 is 10.6 Å². The number of benzene rings is 2. The first-order valence-electron chi connectivity index (χ1n) is 6.06. The molecule has 20 heavy (non-hydrogen) atoms. The molecule has 0 aliphatic heterocycles. The van der Waals surface area contributed by atoms with E-state index in [0.29, 0.717) is 5.56 Å². The maximum absolute atomic E-state index is 12.3. The van der Waals surface area contributed by atoms with Crippen LogP contribution in [-0.2, 0) is 0 Å². The molecule has 0 saturated heterocycles. The molecule has 2 aromatic rings. The molecule has 5 heteroatoms. The smallest absolute Gasteiger partial charge is 0.255 e. The second-order valence-electron chi connectivity index (χ2n) is 4.36. The van der Waals surface area contributed by atoms with E-state index in [0.717, 1.165) is 25.9 Å². The number of amides is 1. The summed E-state index contributed by atoms with van der Waals surface area (Å²) >= 11 is 6.82. The van der Waals surface area contributed by atoms with E-state index in [1.165, 1.54) is 0 Å². The first-order valence-corrected chi connectivity index (χ1v) is 7.64. The largest absolute Gasteiger partial charge is 0.388 e. The summed E-state index contributed by atoms with van der Waals surface area (Å²) in [7, 11) is 1.85. The number of hydrogen-bond acceptors (Lipinski definition) is 2. The zero-order valence-corrected chi connectivity index (χ0v) is 14.3. The Hall–Kier alpha value is -1.33. The number of hydrogen-bond donors (Lipinski definition) is 2. The number of halogens is 2. The monoisotopic (exact) mass is 396 g/mol. The number of anilines is 2. The SMILES string of the molecule is CNc1ccc(C(=O)Nc2cc(Br)ccc2Br)c(C)c1. The summed E-state index contributed by atoms with van der Waals surface area (Å²) in [5.41, 5.74) is 3.32. The van der Waals surface area contributed by atoms with Gasteiger partial charge in [-0.25, -0.2) is 0 Å². The van der Waals surface area contributed by atoms with Crippen molar-refractivity contribution < 1.29 is 4.79 Å². The lowest BCUT2D eigenvalue weighted by atomic mass is 10.1. The Morgan fingerprint density at radius 3 is 2.50 bits per heavy atom. The van der Waals surface area contributed by atoms with Gasteiger partial charge in [-0.05, 0) is 64.8 Å². The minimum atomic E-state index is -0.121. The average molecular weight is 398 g/mol. The van der Waals surface area contributed by atoms with Crippen LogP contribution in [0.4, 0.5) is 11.4 Å². The summed E-state index contributed by atoms with van der Waals surface area (Å²) in [4.78, 5) is 12.3. The van der Waals surface area contributed by atoms with Gasteiger partial charge >= 0.3 is 0 Å². The van der Waals surface area contributed by atoms with Crippen molar-refractivity contribution in [3.63, 3.8) is 0 Å². The normalized spacial score (nSPS) is 10.2. The minimum Gasteiger partial charge on any atom is -0.388 e. The van der Waals surface area contributed by atoms with Crippen molar-refractivity contribution in [1.82, 2.24) is 0 Å². The second kappa shape index (κ2) is 6.41. The Morgan fingerprint density at radius 1 is 1.10 bits per heavy atom. The Morgan fingerprint density at radius 2 is 1.85 bits per heavy atom. The van der Waals surface area contributed by atoms with Gasteiger partial charge in [0, 0.05) is 27.2 Å². The van der Waals surface area contributed by atoms with Crippen LogP contribution in [-0.4, -0.2) is 13.0 Å². The quantitative estimate of drug-likeness (QED) is 0.779. The first-order chi connectivity index (χ1) is 9.51. The number of carbonyl (C=O) groups is 1. The predicted molar refractivity (Wildman–Crippen MR) is 90.5 cm³/mol. The number of nitrogens with one attached hydrogen (secondary N) is 2. The van der Waals surface area contributed by atoms with E-state index < -0.39 is 0 Å². The molecule has 0 fully saturated rings. The van der Waals surface area contributed by atoms with E-state index in [9.17, 15) is 4.79 Å². The van der Waals surface area contributed by atoms with Crippen LogP contribution in [0.1, 0.15) is 15.9 Å². The van der Waals surface area contributed by atoms with Gasteiger partial charge in [0.15, 0.2) is 0 Å². The van der Waals surface area contributed by atoms with E-state index in [1.807, 2.05) is 50.4 Å². The highest BCUT2D eigenvalue weighted by Crippen LogP contribution is 2.27. The van der Waals surface area contributed by atoms with E-state index in [2.05, 4.69) is 42.5 Å². The molecule has 0 atom stereocenters. The zero-order valence-electron chi connectivity index (χ0n) is 11.1. The van der Waals surface area contributed by atoms with E-state index in [4.69, 9.17) is 0 Å². The number of carbonyl (C=O) groups excluding carboxylic acids is 1. The lowest BCUT2D eigenvalue weighted by molar-refractivity contribution is 0.102. The minimum absolute atomic E-state index is 0.121. The van der Waals surface area contributed by atoms with Crippen LogP contribution in [0.2, 0.25) is 0 Å². The molecule has 1 amide bonds. The van der Waals surface area contributed by atoms with Crippen molar-refractivity contribution >= 4 is 49.1 Å². The molecule has 0 saturated carbocycles. The van der Waals surface area contributed by atoms with Gasteiger partial charge in [0.25, 0.3) is 5.91 Å². The van der Waals surface area contributed by atoms with Crippen LogP contribution in [0, 0.1) is 6.92 Å². The molecular formula is C15H14Br2N2O. The van der Waals surface area contributed by atoms with Gasteiger partial charge in [-0.15, -0.1) is 0 Å². The molecule has 0 aliphatic carbocycles. The Balaban J connectivity index is 2.26. The summed E-state index contributed by atoms with van der Waals surface area (Å²) in [5, 5.41) is 5.96. The summed E-state index contributed by atoms with van der Waals surface area (Å²) in [5.74, 6) is -0.121. The summed E-state index contributed by atoms with van der Waals surface area (Å²) in [6, 6.07) is 11.3. The molecule has 0 spiro atoms. The number of rotatable bonds is 3. The van der Waals surface area contributed by atoms with Gasteiger partial charge in [0.05, 0.1) is 5.69 Å². The van der Waals surface area contributed by atoms with Gasteiger partial charge in [0.1, 0.15) is 0 Å². The molecule has 2 aromatic carbocycles. The highest BCUT2D eigenvalue weighted by molar-refractivity contribution is 9.11. The third-order valence-electron chi connectivity index (χ3n) is 2.94. The summed E-state index contributed by atoms with van der Waals surface area (Å²) in [6.07, 6.45) is 0. The molecule has 0 heterocycles. The third kappa shape index (κ3) is 3.41. The van der Waals surface area contributed by atoms with Crippen LogP contribution >= 0.6 is 31.9 Å². The van der Waals surface area contributed by atoms with E-state index in [1.54, 1.807) is 0 Å². The van der Waals surface area contributed by atoms with Crippen LogP contribution in [0.5, 0.6) is 0 Å². The predicted octanol–water partition coefficient (Wildman–Crippen LogP) is 4.81. The van der Waals surface area contributed by atoms with Gasteiger partial charge < -0.3 is 10.6 Å². The fraction of sp³-hybridized carbons (Fsp3) is 0.133. The Kier molecular flexibility index (Phi) is 4.83. The van der Waals surface area contributed by atoms with E-state index in [-0.39, 0.29) is 5.91 Å². The highest BCUT2D eigenvalue weighted by Gasteiger charge is 2.11. The van der Waals surface area contributed by atoms with Crippen molar-refractivity contribution in [2.24, 2.45) is 0 Å². The molecule has 0 aromatic heterocycles. The molecule has 0 aliphatic rings. The Labute approximate surface area is 135 Å². The molecule has 104 valence electrons. The lowest BCUT2D eigenvalue weighted by Crippen LogP contribution is -2.14. The molecule has 3 nitrogen and oxygen atoms in total. The van der Waals surface area contributed by atoms with Gasteiger partial charge in [-0.1, -0.05) is 15.9 Å². The highest BCUT2D eigenvalue weighted by atomic mass is 79.9.